The lowest BCUT2D eigenvalue weighted by Crippen LogP contribution is -2.11. The molecular formula is C3H5ClFNO. The summed E-state index contributed by atoms with van der Waals surface area (Å²) in [5.41, 5.74) is 0. The third-order valence-corrected chi connectivity index (χ3v) is 0.661. The van der Waals surface area contributed by atoms with Crippen molar-refractivity contribution in [2.45, 2.75) is 0 Å². The van der Waals surface area contributed by atoms with Crippen molar-refractivity contribution in [1.82, 2.24) is 4.42 Å². The first-order valence-corrected chi connectivity index (χ1v) is 2.08. The molecule has 4 heteroatoms. The Kier molecular flexibility index (Phi) is 3.69. The van der Waals surface area contributed by atoms with Crippen LogP contribution in [0.25, 0.3) is 0 Å². The molecule has 0 aromatic heterocycles. The van der Waals surface area contributed by atoms with E-state index in [1.165, 1.54) is 0 Å². The van der Waals surface area contributed by atoms with Gasteiger partial charge in [-0.05, 0) is 0 Å². The van der Waals surface area contributed by atoms with Crippen LogP contribution in [0.1, 0.15) is 0 Å². The highest BCUT2D eigenvalue weighted by atomic mass is 35.5. The van der Waals surface area contributed by atoms with Crippen LogP contribution in [-0.2, 0) is 4.79 Å². The fourth-order valence-corrected chi connectivity index (χ4v) is 0.197. The minimum atomic E-state index is -0.595. The Balaban J connectivity index is 2.98. The van der Waals surface area contributed by atoms with Crippen molar-refractivity contribution in [3.05, 3.63) is 0 Å². The summed E-state index contributed by atoms with van der Waals surface area (Å²) in [6, 6.07) is 0. The molecule has 0 aliphatic heterocycles. The summed E-state index contributed by atoms with van der Waals surface area (Å²) in [6.45, 7) is -0.632. The van der Waals surface area contributed by atoms with Gasteiger partial charge in [0.2, 0.25) is 6.41 Å². The maximum Gasteiger partial charge on any atom is 0.224 e. The molecule has 0 saturated carbocycles. The summed E-state index contributed by atoms with van der Waals surface area (Å²) in [6.07, 6.45) is 0.362. The third kappa shape index (κ3) is 3.52. The Morgan fingerprint density at radius 2 is 2.43 bits per heavy atom. The fourth-order valence-electron chi connectivity index (χ4n) is 0.133. The fraction of sp³-hybridized carbons (Fsp3) is 0.667. The van der Waals surface area contributed by atoms with E-state index in [2.05, 4.69) is 0 Å². The number of hydrogen-bond donors (Lipinski definition) is 0. The highest BCUT2D eigenvalue weighted by Crippen LogP contribution is 1.85. The quantitative estimate of drug-likeness (QED) is 0.399. The number of nitrogens with zero attached hydrogens (tertiary/aromatic N) is 1. The van der Waals surface area contributed by atoms with Gasteiger partial charge in [0.05, 0.1) is 6.54 Å². The van der Waals surface area contributed by atoms with Crippen LogP contribution in [0, 0.1) is 0 Å². The Bertz CT molecular complexity index is 60.9. The van der Waals surface area contributed by atoms with Crippen LogP contribution in [0.15, 0.2) is 0 Å². The molecule has 0 aliphatic rings. The number of amides is 1. The number of rotatable bonds is 3. The highest BCUT2D eigenvalue weighted by Gasteiger charge is 1.90. The van der Waals surface area contributed by atoms with E-state index >= 15 is 0 Å². The standard InChI is InChI=1S/C3H5ClFNO/c4-6(3-7)2-1-5/h3H,1-2H2. The third-order valence-electron chi connectivity index (χ3n) is 0.413. The average molecular weight is 126 g/mol. The van der Waals surface area contributed by atoms with E-state index < -0.39 is 6.67 Å². The molecule has 2 nitrogen and oxygen atoms in total. The second-order valence-electron chi connectivity index (χ2n) is 0.918. The average Bonchev–Trinajstić information content (AvgIpc) is 1.68. The van der Waals surface area contributed by atoms with Gasteiger partial charge in [-0.2, -0.15) is 0 Å². The van der Waals surface area contributed by atoms with Crippen molar-refractivity contribution < 1.29 is 9.18 Å². The predicted molar refractivity (Wildman–Crippen MR) is 24.6 cm³/mol. The van der Waals surface area contributed by atoms with Crippen molar-refractivity contribution in [2.75, 3.05) is 13.2 Å². The first kappa shape index (κ1) is 6.69. The van der Waals surface area contributed by atoms with Gasteiger partial charge in [0.15, 0.2) is 0 Å². The molecule has 0 aliphatic carbocycles. The number of alkyl halides is 1. The molecule has 0 bridgehead atoms. The van der Waals surface area contributed by atoms with E-state index in [0.29, 0.717) is 6.41 Å². The van der Waals surface area contributed by atoms with Gasteiger partial charge in [-0.25, -0.2) is 4.39 Å². The van der Waals surface area contributed by atoms with Crippen molar-refractivity contribution in [1.29, 1.82) is 0 Å². The van der Waals surface area contributed by atoms with Crippen LogP contribution in [0.2, 0.25) is 0 Å². The number of hydrogen-bond acceptors (Lipinski definition) is 1. The van der Waals surface area contributed by atoms with E-state index in [-0.39, 0.29) is 6.54 Å². The summed E-state index contributed by atoms with van der Waals surface area (Å²) in [4.78, 5) is 9.52. The van der Waals surface area contributed by atoms with E-state index in [4.69, 9.17) is 11.8 Å². The SMILES string of the molecule is O=CN(Cl)CCF. The van der Waals surface area contributed by atoms with E-state index in [1.54, 1.807) is 0 Å². The largest absolute Gasteiger partial charge is 0.277 e. The monoisotopic (exact) mass is 125 g/mol. The van der Waals surface area contributed by atoms with Gasteiger partial charge in [-0.15, -0.1) is 0 Å². The summed E-state index contributed by atoms with van der Waals surface area (Å²) in [7, 11) is 0. The molecule has 42 valence electrons. The molecule has 7 heavy (non-hydrogen) atoms. The Morgan fingerprint density at radius 3 is 2.57 bits per heavy atom. The van der Waals surface area contributed by atoms with Gasteiger partial charge in [-0.3, -0.25) is 9.21 Å². The minimum Gasteiger partial charge on any atom is -0.277 e. The molecular weight excluding hydrogens is 120 g/mol. The zero-order valence-electron chi connectivity index (χ0n) is 3.60. The predicted octanol–water partition coefficient (Wildman–Crippen LogP) is 0.568. The topological polar surface area (TPSA) is 20.3 Å². The molecule has 0 atom stereocenters. The Morgan fingerprint density at radius 1 is 1.86 bits per heavy atom. The number of halogens is 2. The van der Waals surface area contributed by atoms with Crippen LogP contribution in [-0.4, -0.2) is 24.0 Å². The lowest BCUT2D eigenvalue weighted by atomic mass is 10.7. The highest BCUT2D eigenvalue weighted by molar-refractivity contribution is 6.18. The molecule has 0 aromatic carbocycles. The zero-order chi connectivity index (χ0) is 5.70. The molecule has 0 saturated heterocycles. The van der Waals surface area contributed by atoms with Crippen LogP contribution in [0.5, 0.6) is 0 Å². The molecule has 0 radical (unpaired) electrons. The molecule has 0 N–H and O–H groups in total. The van der Waals surface area contributed by atoms with Gasteiger partial charge in [0.1, 0.15) is 6.67 Å². The molecule has 0 heterocycles. The Hall–Kier alpha value is -0.310. The van der Waals surface area contributed by atoms with Gasteiger partial charge < -0.3 is 0 Å². The second kappa shape index (κ2) is 3.87. The molecule has 0 spiro atoms. The summed E-state index contributed by atoms with van der Waals surface area (Å²) in [5, 5.41) is 0. The van der Waals surface area contributed by atoms with Gasteiger partial charge >= 0.3 is 0 Å². The maximum absolute atomic E-state index is 11.1. The minimum absolute atomic E-state index is 0.0367. The van der Waals surface area contributed by atoms with Gasteiger partial charge in [0, 0.05) is 11.8 Å². The van der Waals surface area contributed by atoms with Crippen molar-refractivity contribution in [3.8, 4) is 0 Å². The first-order valence-electron chi connectivity index (χ1n) is 1.75. The zero-order valence-corrected chi connectivity index (χ0v) is 4.36. The van der Waals surface area contributed by atoms with E-state index in [1.807, 2.05) is 0 Å². The Labute approximate surface area is 46.0 Å². The van der Waals surface area contributed by atoms with Gasteiger partial charge in [-0.1, -0.05) is 0 Å². The van der Waals surface area contributed by atoms with Crippen LogP contribution < -0.4 is 0 Å². The number of carbonyl (C=O) groups is 1. The maximum atomic E-state index is 11.1. The van der Waals surface area contributed by atoms with Crippen LogP contribution >= 0.6 is 11.8 Å². The van der Waals surface area contributed by atoms with Crippen LogP contribution in [0.3, 0.4) is 0 Å². The summed E-state index contributed by atoms with van der Waals surface area (Å²) < 4.78 is 11.9. The number of carbonyl (C=O) groups excluding carboxylic acids is 1. The molecule has 0 fully saturated rings. The summed E-state index contributed by atoms with van der Waals surface area (Å²) >= 11 is 4.99. The van der Waals surface area contributed by atoms with Crippen molar-refractivity contribution in [3.63, 3.8) is 0 Å². The second-order valence-corrected chi connectivity index (χ2v) is 1.35. The normalized spacial score (nSPS) is 8.29. The smallest absolute Gasteiger partial charge is 0.224 e. The van der Waals surface area contributed by atoms with E-state index in [0.717, 1.165) is 4.42 Å². The molecule has 0 rings (SSSR count). The molecule has 1 amide bonds. The lowest BCUT2D eigenvalue weighted by molar-refractivity contribution is -0.114. The first-order chi connectivity index (χ1) is 3.31. The van der Waals surface area contributed by atoms with Crippen LogP contribution in [0.4, 0.5) is 4.39 Å². The molecule has 0 aromatic rings. The lowest BCUT2D eigenvalue weighted by Gasteiger charge is -1.99. The van der Waals surface area contributed by atoms with E-state index in [9.17, 15) is 9.18 Å². The molecule has 0 unspecified atom stereocenters. The van der Waals surface area contributed by atoms with Crippen molar-refractivity contribution >= 4 is 18.2 Å². The van der Waals surface area contributed by atoms with Gasteiger partial charge in [0.25, 0.3) is 0 Å². The summed E-state index contributed by atoms with van der Waals surface area (Å²) in [5.74, 6) is 0. The van der Waals surface area contributed by atoms with Crippen molar-refractivity contribution in [2.24, 2.45) is 0 Å².